The van der Waals surface area contributed by atoms with E-state index < -0.39 is 23.4 Å². The smallest absolute Gasteiger partial charge is 0.325 e. The molecule has 1 saturated heterocycles. The highest BCUT2D eigenvalue weighted by molar-refractivity contribution is 6.30. The van der Waals surface area contributed by atoms with Crippen LogP contribution >= 0.6 is 11.6 Å². The maximum atomic E-state index is 12.9. The van der Waals surface area contributed by atoms with Crippen LogP contribution in [0, 0.1) is 6.92 Å². The Morgan fingerprint density at radius 3 is 2.54 bits per heavy atom. The molecule has 0 bridgehead atoms. The largest absolute Gasteiger partial charge is 0.348 e. The Kier molecular flexibility index (Phi) is 5.42. The van der Waals surface area contributed by atoms with E-state index in [2.05, 4.69) is 10.6 Å². The molecule has 0 unspecified atom stereocenters. The molecule has 1 aliphatic heterocycles. The number of rotatable bonds is 5. The third-order valence-corrected chi connectivity index (χ3v) is 5.17. The summed E-state index contributed by atoms with van der Waals surface area (Å²) < 4.78 is 0. The summed E-state index contributed by atoms with van der Waals surface area (Å²) in [7, 11) is 0. The van der Waals surface area contributed by atoms with E-state index in [0.717, 1.165) is 16.0 Å². The molecule has 1 aliphatic rings. The van der Waals surface area contributed by atoms with Crippen molar-refractivity contribution in [2.75, 3.05) is 6.54 Å². The Hall–Kier alpha value is -2.86. The number of halogens is 1. The van der Waals surface area contributed by atoms with Gasteiger partial charge in [0.05, 0.1) is 6.04 Å². The van der Waals surface area contributed by atoms with Crippen LogP contribution in [0.2, 0.25) is 5.02 Å². The van der Waals surface area contributed by atoms with Gasteiger partial charge in [-0.3, -0.25) is 14.5 Å². The second-order valence-electron chi connectivity index (χ2n) is 7.16. The van der Waals surface area contributed by atoms with Crippen LogP contribution in [0.25, 0.3) is 0 Å². The van der Waals surface area contributed by atoms with Gasteiger partial charge < -0.3 is 10.6 Å². The van der Waals surface area contributed by atoms with Crippen molar-refractivity contribution >= 4 is 29.4 Å². The summed E-state index contributed by atoms with van der Waals surface area (Å²) in [6.45, 7) is 5.05. The summed E-state index contributed by atoms with van der Waals surface area (Å²) in [6, 6.07) is 13.6. The molecule has 1 fully saturated rings. The van der Waals surface area contributed by atoms with E-state index in [-0.39, 0.29) is 12.6 Å². The van der Waals surface area contributed by atoms with Crippen molar-refractivity contribution in [2.24, 2.45) is 0 Å². The number of nitrogens with one attached hydrogen (secondary N) is 2. The molecule has 2 atom stereocenters. The second-order valence-corrected chi connectivity index (χ2v) is 7.59. The molecule has 3 rings (SSSR count). The van der Waals surface area contributed by atoms with Gasteiger partial charge in [0.1, 0.15) is 12.1 Å². The molecule has 4 amide bonds. The second kappa shape index (κ2) is 7.64. The van der Waals surface area contributed by atoms with Crippen molar-refractivity contribution in [3.8, 4) is 0 Å². The summed E-state index contributed by atoms with van der Waals surface area (Å²) in [5, 5.41) is 6.07. The Morgan fingerprint density at radius 2 is 1.89 bits per heavy atom. The number of urea groups is 1. The minimum absolute atomic E-state index is 0.310. The first-order valence-electron chi connectivity index (χ1n) is 8.97. The third-order valence-electron chi connectivity index (χ3n) is 4.93. The number of carbonyl (C=O) groups excluding carboxylic acids is 3. The van der Waals surface area contributed by atoms with Crippen LogP contribution in [0.4, 0.5) is 4.79 Å². The number of nitrogens with zero attached hydrogens (tertiary/aromatic N) is 1. The van der Waals surface area contributed by atoms with Crippen molar-refractivity contribution < 1.29 is 14.4 Å². The standard InChI is InChI=1S/C21H22ClN3O3/c1-13-7-9-16(10-8-13)21(3)19(27)25(20(28)24-21)12-18(26)23-14(2)15-5-4-6-17(22)11-15/h4-11,14H,12H2,1-3H3,(H,23,26)(H,24,28)/t14-,21+/m0/s1. The predicted molar refractivity (Wildman–Crippen MR) is 107 cm³/mol. The molecule has 28 heavy (non-hydrogen) atoms. The zero-order chi connectivity index (χ0) is 20.5. The Bertz CT molecular complexity index is 929. The fraction of sp³-hybridized carbons (Fsp3) is 0.286. The molecular weight excluding hydrogens is 378 g/mol. The highest BCUT2D eigenvalue weighted by atomic mass is 35.5. The monoisotopic (exact) mass is 399 g/mol. The molecular formula is C21H22ClN3O3. The fourth-order valence-electron chi connectivity index (χ4n) is 3.21. The van der Waals surface area contributed by atoms with Gasteiger partial charge in [0.15, 0.2) is 0 Å². The first kappa shape index (κ1) is 19.9. The highest BCUT2D eigenvalue weighted by Gasteiger charge is 2.49. The van der Waals surface area contributed by atoms with Gasteiger partial charge in [0.2, 0.25) is 5.91 Å². The molecule has 6 nitrogen and oxygen atoms in total. The predicted octanol–water partition coefficient (Wildman–Crippen LogP) is 3.29. The Balaban J connectivity index is 1.70. The van der Waals surface area contributed by atoms with Gasteiger partial charge in [-0.15, -0.1) is 0 Å². The van der Waals surface area contributed by atoms with Crippen LogP contribution in [0.15, 0.2) is 48.5 Å². The normalized spacial score (nSPS) is 20.1. The average Bonchev–Trinajstić information content (AvgIpc) is 2.86. The molecule has 0 aliphatic carbocycles. The quantitative estimate of drug-likeness (QED) is 0.757. The molecule has 0 spiro atoms. The molecule has 0 radical (unpaired) electrons. The molecule has 0 aromatic heterocycles. The number of imide groups is 1. The summed E-state index contributed by atoms with van der Waals surface area (Å²) in [4.78, 5) is 38.7. The van der Waals surface area contributed by atoms with Crippen LogP contribution in [0.5, 0.6) is 0 Å². The van der Waals surface area contributed by atoms with E-state index in [4.69, 9.17) is 11.6 Å². The average molecular weight is 400 g/mol. The van der Waals surface area contributed by atoms with E-state index in [9.17, 15) is 14.4 Å². The van der Waals surface area contributed by atoms with Crippen molar-refractivity contribution in [3.63, 3.8) is 0 Å². The molecule has 7 heteroatoms. The van der Waals surface area contributed by atoms with Crippen LogP contribution in [0.1, 0.15) is 36.6 Å². The summed E-state index contributed by atoms with van der Waals surface area (Å²) in [5.74, 6) is -0.879. The molecule has 1 heterocycles. The van der Waals surface area contributed by atoms with Gasteiger partial charge in [-0.2, -0.15) is 0 Å². The lowest BCUT2D eigenvalue weighted by molar-refractivity contribution is -0.135. The van der Waals surface area contributed by atoms with Crippen molar-refractivity contribution in [3.05, 3.63) is 70.2 Å². The zero-order valence-electron chi connectivity index (χ0n) is 16.0. The topological polar surface area (TPSA) is 78.5 Å². The summed E-state index contributed by atoms with van der Waals surface area (Å²) in [6.07, 6.45) is 0. The minimum Gasteiger partial charge on any atom is -0.348 e. The van der Waals surface area contributed by atoms with Crippen LogP contribution < -0.4 is 10.6 Å². The lowest BCUT2D eigenvalue weighted by atomic mass is 9.91. The number of benzene rings is 2. The molecule has 2 aromatic rings. The first-order valence-corrected chi connectivity index (χ1v) is 9.34. The van der Waals surface area contributed by atoms with E-state index in [1.807, 2.05) is 32.0 Å². The lowest BCUT2D eigenvalue weighted by Gasteiger charge is -2.22. The van der Waals surface area contributed by atoms with Crippen molar-refractivity contribution in [1.29, 1.82) is 0 Å². The van der Waals surface area contributed by atoms with Gasteiger partial charge in [0, 0.05) is 5.02 Å². The molecule has 2 N–H and O–H groups in total. The van der Waals surface area contributed by atoms with Gasteiger partial charge in [-0.05, 0) is 44.0 Å². The number of hydrogen-bond acceptors (Lipinski definition) is 3. The third kappa shape index (κ3) is 3.87. The number of hydrogen-bond donors (Lipinski definition) is 2. The first-order chi connectivity index (χ1) is 13.2. The van der Waals surface area contributed by atoms with Crippen molar-refractivity contribution in [2.45, 2.75) is 32.4 Å². The van der Waals surface area contributed by atoms with Gasteiger partial charge in [-0.1, -0.05) is 53.6 Å². The maximum Gasteiger partial charge on any atom is 0.325 e. The van der Waals surface area contributed by atoms with E-state index >= 15 is 0 Å². The highest BCUT2D eigenvalue weighted by Crippen LogP contribution is 2.29. The lowest BCUT2D eigenvalue weighted by Crippen LogP contribution is -2.43. The van der Waals surface area contributed by atoms with Crippen LogP contribution in [0.3, 0.4) is 0 Å². The summed E-state index contributed by atoms with van der Waals surface area (Å²) >= 11 is 5.98. The number of amides is 4. The Morgan fingerprint density at radius 1 is 1.21 bits per heavy atom. The SMILES string of the molecule is Cc1ccc([C@@]2(C)NC(=O)N(CC(=O)N[C@@H](C)c3cccc(Cl)c3)C2=O)cc1. The van der Waals surface area contributed by atoms with Crippen molar-refractivity contribution in [1.82, 2.24) is 15.5 Å². The molecule has 2 aromatic carbocycles. The van der Waals surface area contributed by atoms with Crippen LogP contribution in [-0.2, 0) is 15.1 Å². The van der Waals surface area contributed by atoms with E-state index in [1.165, 1.54) is 0 Å². The van der Waals surface area contributed by atoms with E-state index in [0.29, 0.717) is 10.6 Å². The van der Waals surface area contributed by atoms with Crippen LogP contribution in [-0.4, -0.2) is 29.3 Å². The Labute approximate surface area is 168 Å². The van der Waals surface area contributed by atoms with E-state index in [1.54, 1.807) is 37.3 Å². The van der Waals surface area contributed by atoms with Gasteiger partial charge >= 0.3 is 6.03 Å². The summed E-state index contributed by atoms with van der Waals surface area (Å²) in [5.41, 5.74) is 1.37. The fourth-order valence-corrected chi connectivity index (χ4v) is 3.41. The maximum absolute atomic E-state index is 12.9. The van der Waals surface area contributed by atoms with Gasteiger partial charge in [0.25, 0.3) is 5.91 Å². The molecule has 146 valence electrons. The minimum atomic E-state index is -1.19. The zero-order valence-corrected chi connectivity index (χ0v) is 16.7. The number of carbonyl (C=O) groups is 3. The van der Waals surface area contributed by atoms with Gasteiger partial charge in [-0.25, -0.2) is 4.79 Å². The number of aryl methyl sites for hydroxylation is 1. The molecule has 0 saturated carbocycles.